The van der Waals surface area contributed by atoms with E-state index in [1.807, 2.05) is 6.07 Å². The summed E-state index contributed by atoms with van der Waals surface area (Å²) in [4.78, 5) is 25.7. The van der Waals surface area contributed by atoms with Gasteiger partial charge in [0.1, 0.15) is 12.6 Å². The smallest absolute Gasteiger partial charge is 0.249 e. The Hall–Kier alpha value is -2.04. The van der Waals surface area contributed by atoms with Crippen LogP contribution in [0.5, 0.6) is 0 Å². The Balaban J connectivity index is 2.01. The molecule has 7 heteroatoms. The summed E-state index contributed by atoms with van der Waals surface area (Å²) in [6, 6.07) is 8.12. The Morgan fingerprint density at radius 3 is 2.81 bits per heavy atom. The first-order chi connectivity index (χ1) is 10.2. The lowest BCUT2D eigenvalue weighted by molar-refractivity contribution is -0.139. The summed E-state index contributed by atoms with van der Waals surface area (Å²) in [5.41, 5.74) is 1.14. The van der Waals surface area contributed by atoms with E-state index in [1.54, 1.807) is 24.3 Å². The van der Waals surface area contributed by atoms with Crippen molar-refractivity contribution in [1.29, 1.82) is 5.26 Å². The molecule has 0 radical (unpaired) electrons. The highest BCUT2D eigenvalue weighted by Gasteiger charge is 2.34. The summed E-state index contributed by atoms with van der Waals surface area (Å²) >= 11 is 1.54. The van der Waals surface area contributed by atoms with E-state index in [9.17, 15) is 9.59 Å². The second kappa shape index (κ2) is 7.11. The molecule has 6 nitrogen and oxygen atoms in total. The zero-order valence-corrected chi connectivity index (χ0v) is 12.4. The molecule has 0 spiro atoms. The Morgan fingerprint density at radius 2 is 2.19 bits per heavy atom. The zero-order chi connectivity index (χ0) is 15.2. The third-order valence-corrected chi connectivity index (χ3v) is 4.07. The number of benzene rings is 1. The normalized spacial score (nSPS) is 17.3. The summed E-state index contributed by atoms with van der Waals surface area (Å²) in [6.07, 6.45) is 0. The first kappa shape index (κ1) is 15.4. The predicted octanol–water partition coefficient (Wildman–Crippen LogP) is 1.04. The van der Waals surface area contributed by atoms with Gasteiger partial charge in [-0.25, -0.2) is 0 Å². The number of hydrogen-bond acceptors (Lipinski definition) is 5. The summed E-state index contributed by atoms with van der Waals surface area (Å²) in [7, 11) is 1.45. The summed E-state index contributed by atoms with van der Waals surface area (Å²) < 4.78 is 4.83. The Labute approximate surface area is 127 Å². The van der Waals surface area contributed by atoms with Gasteiger partial charge in [-0.2, -0.15) is 5.26 Å². The molecule has 2 amide bonds. The fourth-order valence-electron chi connectivity index (χ4n) is 1.97. The highest BCUT2D eigenvalue weighted by Crippen LogP contribution is 2.22. The van der Waals surface area contributed by atoms with Crippen molar-refractivity contribution < 1.29 is 14.3 Å². The van der Waals surface area contributed by atoms with Crippen molar-refractivity contribution in [3.8, 4) is 6.07 Å². The van der Waals surface area contributed by atoms with Crippen LogP contribution < -0.4 is 5.32 Å². The molecule has 0 unspecified atom stereocenters. The van der Waals surface area contributed by atoms with Crippen molar-refractivity contribution in [3.63, 3.8) is 0 Å². The minimum atomic E-state index is -0.492. The molecule has 21 heavy (non-hydrogen) atoms. The maximum Gasteiger partial charge on any atom is 0.249 e. The van der Waals surface area contributed by atoms with Crippen molar-refractivity contribution in [1.82, 2.24) is 4.90 Å². The van der Waals surface area contributed by atoms with Crippen molar-refractivity contribution in [2.45, 2.75) is 6.04 Å². The van der Waals surface area contributed by atoms with Crippen molar-refractivity contribution in [3.05, 3.63) is 29.8 Å². The molecule has 0 bridgehead atoms. The van der Waals surface area contributed by atoms with Crippen LogP contribution in [0.1, 0.15) is 5.56 Å². The predicted molar refractivity (Wildman–Crippen MR) is 79.6 cm³/mol. The second-order valence-corrected chi connectivity index (χ2v) is 5.49. The highest BCUT2D eigenvalue weighted by molar-refractivity contribution is 7.99. The van der Waals surface area contributed by atoms with E-state index in [0.29, 0.717) is 22.9 Å². The van der Waals surface area contributed by atoms with Crippen molar-refractivity contribution >= 4 is 29.3 Å². The molecule has 1 aromatic rings. The lowest BCUT2D eigenvalue weighted by atomic mass is 10.2. The summed E-state index contributed by atoms with van der Waals surface area (Å²) in [5, 5.41) is 11.5. The van der Waals surface area contributed by atoms with Crippen LogP contribution in [0.3, 0.4) is 0 Å². The van der Waals surface area contributed by atoms with E-state index >= 15 is 0 Å². The highest BCUT2D eigenvalue weighted by atomic mass is 32.2. The molecule has 0 aliphatic carbocycles. The summed E-state index contributed by atoms with van der Waals surface area (Å²) in [5.74, 6) is 0.641. The van der Waals surface area contributed by atoms with Gasteiger partial charge in [-0.1, -0.05) is 0 Å². The van der Waals surface area contributed by atoms with E-state index in [-0.39, 0.29) is 18.4 Å². The number of amides is 2. The molecule has 0 aromatic heterocycles. The minimum Gasteiger partial charge on any atom is -0.375 e. The van der Waals surface area contributed by atoms with Crippen molar-refractivity contribution in [2.24, 2.45) is 0 Å². The Morgan fingerprint density at radius 1 is 1.48 bits per heavy atom. The van der Waals surface area contributed by atoms with Gasteiger partial charge in [-0.05, 0) is 24.3 Å². The van der Waals surface area contributed by atoms with Crippen LogP contribution in [0.15, 0.2) is 24.3 Å². The molecule has 1 aromatic carbocycles. The molecule has 1 aliphatic heterocycles. The molecule has 0 saturated carbocycles. The largest absolute Gasteiger partial charge is 0.375 e. The zero-order valence-electron chi connectivity index (χ0n) is 11.5. The van der Waals surface area contributed by atoms with Crippen molar-refractivity contribution in [2.75, 3.05) is 30.7 Å². The molecule has 110 valence electrons. The van der Waals surface area contributed by atoms with E-state index in [4.69, 9.17) is 10.00 Å². The number of carbonyl (C=O) groups excluding carboxylic acids is 2. The molecule has 1 N–H and O–H groups in total. The van der Waals surface area contributed by atoms with Crippen LogP contribution in [0.4, 0.5) is 5.69 Å². The number of ether oxygens (including phenoxy) is 1. The van der Waals surface area contributed by atoms with Crippen LogP contribution in [0.2, 0.25) is 0 Å². The van der Waals surface area contributed by atoms with Gasteiger partial charge >= 0.3 is 0 Å². The van der Waals surface area contributed by atoms with Gasteiger partial charge in [0.15, 0.2) is 0 Å². The van der Waals surface area contributed by atoms with E-state index in [2.05, 4.69) is 5.32 Å². The van der Waals surface area contributed by atoms with Crippen LogP contribution in [0, 0.1) is 11.3 Å². The number of thioether (sulfide) groups is 1. The summed E-state index contributed by atoms with van der Waals surface area (Å²) in [6.45, 7) is -0.0266. The third-order valence-electron chi connectivity index (χ3n) is 3.05. The van der Waals surface area contributed by atoms with Gasteiger partial charge < -0.3 is 15.0 Å². The van der Waals surface area contributed by atoms with Gasteiger partial charge in [-0.15, -0.1) is 11.8 Å². The lowest BCUT2D eigenvalue weighted by Crippen LogP contribution is -2.45. The number of nitrogens with one attached hydrogen (secondary N) is 1. The molecule has 1 atom stereocenters. The Kier molecular flexibility index (Phi) is 5.20. The van der Waals surface area contributed by atoms with Crippen LogP contribution in [0.25, 0.3) is 0 Å². The number of rotatable bonds is 4. The lowest BCUT2D eigenvalue weighted by Gasteiger charge is -2.22. The SMILES string of the molecule is COCC(=O)N1CSC[C@H]1C(=O)Nc1ccc(C#N)cc1. The Bertz CT molecular complexity index is 568. The number of nitrogens with zero attached hydrogens (tertiary/aromatic N) is 2. The molecule has 2 rings (SSSR count). The van der Waals surface area contributed by atoms with Gasteiger partial charge in [0, 0.05) is 18.6 Å². The first-order valence-electron chi connectivity index (χ1n) is 6.33. The van der Waals surface area contributed by atoms with E-state index in [1.165, 1.54) is 23.8 Å². The molecule has 1 fully saturated rings. The maximum atomic E-state index is 12.3. The van der Waals surface area contributed by atoms with Gasteiger partial charge in [0.25, 0.3) is 0 Å². The molecule has 1 saturated heterocycles. The fourth-order valence-corrected chi connectivity index (χ4v) is 3.15. The number of nitriles is 1. The number of anilines is 1. The molecular weight excluding hydrogens is 290 g/mol. The fraction of sp³-hybridized carbons (Fsp3) is 0.357. The average molecular weight is 305 g/mol. The maximum absolute atomic E-state index is 12.3. The third kappa shape index (κ3) is 3.74. The average Bonchev–Trinajstić information content (AvgIpc) is 2.98. The molecule has 1 aliphatic rings. The molecular formula is C14H15N3O3S. The van der Waals surface area contributed by atoms with Crippen LogP contribution in [-0.4, -0.2) is 48.1 Å². The number of methoxy groups -OCH3 is 1. The first-order valence-corrected chi connectivity index (χ1v) is 7.48. The molecule has 1 heterocycles. The van der Waals surface area contributed by atoms with Crippen LogP contribution in [-0.2, 0) is 14.3 Å². The van der Waals surface area contributed by atoms with Gasteiger partial charge in [0.2, 0.25) is 11.8 Å². The minimum absolute atomic E-state index is 0.0266. The number of hydrogen-bond donors (Lipinski definition) is 1. The van der Waals surface area contributed by atoms with E-state index in [0.717, 1.165) is 0 Å². The van der Waals surface area contributed by atoms with Gasteiger partial charge in [-0.3, -0.25) is 9.59 Å². The van der Waals surface area contributed by atoms with Gasteiger partial charge in [0.05, 0.1) is 17.5 Å². The number of carbonyl (C=O) groups is 2. The van der Waals surface area contributed by atoms with Crippen LogP contribution >= 0.6 is 11.8 Å². The standard InChI is InChI=1S/C14H15N3O3S/c1-20-7-13(18)17-9-21-8-12(17)14(19)16-11-4-2-10(6-15)3-5-11/h2-5,12H,7-9H2,1H3,(H,16,19)/t12-/m0/s1. The monoisotopic (exact) mass is 305 g/mol. The second-order valence-electron chi connectivity index (χ2n) is 4.49. The topological polar surface area (TPSA) is 82.4 Å². The van der Waals surface area contributed by atoms with E-state index < -0.39 is 6.04 Å². The quantitative estimate of drug-likeness (QED) is 0.899.